The van der Waals surface area contributed by atoms with Gasteiger partial charge in [0.1, 0.15) is 12.7 Å². The topological polar surface area (TPSA) is 143 Å². The molecule has 0 spiro atoms. The summed E-state index contributed by atoms with van der Waals surface area (Å²) >= 11 is 0. The zero-order chi connectivity index (χ0) is 20.4. The smallest absolute Gasteiger partial charge is 0.330 e. The van der Waals surface area contributed by atoms with Crippen molar-refractivity contribution in [2.45, 2.75) is 51.7 Å². The molecule has 1 fully saturated rings. The molecule has 2 rings (SSSR count). The van der Waals surface area contributed by atoms with Gasteiger partial charge >= 0.3 is 23.6 Å². The average molecular weight is 384 g/mol. The van der Waals surface area contributed by atoms with Crippen molar-refractivity contribution in [1.82, 2.24) is 9.55 Å². The Hall–Kier alpha value is -2.95. The first-order valence-corrected chi connectivity index (χ1v) is 8.01. The van der Waals surface area contributed by atoms with E-state index in [0.29, 0.717) is 0 Å². The van der Waals surface area contributed by atoms with Crippen LogP contribution in [0.5, 0.6) is 0 Å². The summed E-state index contributed by atoms with van der Waals surface area (Å²) in [4.78, 5) is 59.9. The molecule has 2 heterocycles. The second-order valence-corrected chi connectivity index (χ2v) is 6.14. The number of esters is 3. The Labute approximate surface area is 153 Å². The van der Waals surface area contributed by atoms with Crippen molar-refractivity contribution in [2.75, 3.05) is 6.61 Å². The standard InChI is InChI=1S/C16H20N2O9/c1-8(19)24-7-11-16(4,27-10(3)21)13(25-9(2)20)14(26-11)18-6-5-12(22)17-15(18)23/h5-6,11,13-14H,7H2,1-4H3,(H,17,22,23)/t11-,13+,14-,16+/m1/s1. The predicted molar refractivity (Wildman–Crippen MR) is 87.6 cm³/mol. The minimum absolute atomic E-state index is 0.314. The highest BCUT2D eigenvalue weighted by Gasteiger charge is 2.59. The van der Waals surface area contributed by atoms with Gasteiger partial charge < -0.3 is 18.9 Å². The summed E-state index contributed by atoms with van der Waals surface area (Å²) < 4.78 is 22.3. The van der Waals surface area contributed by atoms with Crippen molar-refractivity contribution in [1.29, 1.82) is 0 Å². The van der Waals surface area contributed by atoms with Crippen LogP contribution in [0.2, 0.25) is 0 Å². The molecule has 0 aliphatic carbocycles. The first kappa shape index (κ1) is 20.4. The van der Waals surface area contributed by atoms with Crippen molar-refractivity contribution in [3.05, 3.63) is 33.1 Å². The van der Waals surface area contributed by atoms with Crippen molar-refractivity contribution >= 4 is 17.9 Å². The van der Waals surface area contributed by atoms with Gasteiger partial charge in [-0.15, -0.1) is 0 Å². The van der Waals surface area contributed by atoms with Crippen LogP contribution in [0.15, 0.2) is 21.9 Å². The maximum absolute atomic E-state index is 12.2. The van der Waals surface area contributed by atoms with Crippen LogP contribution < -0.4 is 11.2 Å². The zero-order valence-electron chi connectivity index (χ0n) is 15.2. The number of H-pyrrole nitrogens is 1. The molecular weight excluding hydrogens is 364 g/mol. The number of nitrogens with zero attached hydrogens (tertiary/aromatic N) is 1. The molecule has 1 saturated heterocycles. The Kier molecular flexibility index (Phi) is 5.84. The van der Waals surface area contributed by atoms with Crippen LogP contribution in [0.4, 0.5) is 0 Å². The lowest BCUT2D eigenvalue weighted by Gasteiger charge is -2.33. The molecule has 4 atom stereocenters. The molecule has 1 N–H and O–H groups in total. The first-order valence-electron chi connectivity index (χ1n) is 8.01. The lowest BCUT2D eigenvalue weighted by atomic mass is 9.94. The molecule has 1 aliphatic rings. The molecule has 0 unspecified atom stereocenters. The Morgan fingerprint density at radius 3 is 2.37 bits per heavy atom. The number of hydrogen-bond acceptors (Lipinski definition) is 9. The van der Waals surface area contributed by atoms with E-state index in [-0.39, 0.29) is 6.61 Å². The number of carbonyl (C=O) groups excluding carboxylic acids is 3. The second kappa shape index (κ2) is 7.74. The predicted octanol–water partition coefficient (Wildman–Crippen LogP) is -0.749. The van der Waals surface area contributed by atoms with Crippen molar-refractivity contribution < 1.29 is 33.3 Å². The summed E-state index contributed by atoms with van der Waals surface area (Å²) in [5, 5.41) is 0. The highest BCUT2D eigenvalue weighted by molar-refractivity contribution is 5.68. The van der Waals surface area contributed by atoms with Gasteiger partial charge in [-0.25, -0.2) is 4.79 Å². The molecule has 0 saturated carbocycles. The van der Waals surface area contributed by atoms with Gasteiger partial charge in [0.2, 0.25) is 0 Å². The van der Waals surface area contributed by atoms with Crippen molar-refractivity contribution in [3.63, 3.8) is 0 Å². The first-order chi connectivity index (χ1) is 12.5. The van der Waals surface area contributed by atoms with Gasteiger partial charge in [0.25, 0.3) is 5.56 Å². The number of aromatic nitrogens is 2. The Morgan fingerprint density at radius 2 is 1.85 bits per heavy atom. The fourth-order valence-electron chi connectivity index (χ4n) is 2.87. The fraction of sp³-hybridized carbons (Fsp3) is 0.562. The number of carbonyl (C=O) groups is 3. The number of aromatic amines is 1. The second-order valence-electron chi connectivity index (χ2n) is 6.14. The molecule has 1 aromatic rings. The van der Waals surface area contributed by atoms with Crippen LogP contribution in [0, 0.1) is 0 Å². The molecule has 27 heavy (non-hydrogen) atoms. The van der Waals surface area contributed by atoms with Crippen LogP contribution in [0.1, 0.15) is 33.9 Å². The Balaban J connectivity index is 2.52. The van der Waals surface area contributed by atoms with E-state index in [1.54, 1.807) is 0 Å². The van der Waals surface area contributed by atoms with Gasteiger partial charge in [-0.05, 0) is 6.92 Å². The van der Waals surface area contributed by atoms with E-state index < -0.39 is 53.2 Å². The van der Waals surface area contributed by atoms with Gasteiger partial charge in [-0.2, -0.15) is 0 Å². The molecule has 1 aromatic heterocycles. The van der Waals surface area contributed by atoms with Gasteiger partial charge in [0, 0.05) is 33.0 Å². The van der Waals surface area contributed by atoms with Gasteiger partial charge in [0.15, 0.2) is 17.9 Å². The largest absolute Gasteiger partial charge is 0.463 e. The average Bonchev–Trinajstić information content (AvgIpc) is 2.77. The van der Waals surface area contributed by atoms with Crippen LogP contribution in [0.25, 0.3) is 0 Å². The van der Waals surface area contributed by atoms with Gasteiger partial charge in [0.05, 0.1) is 0 Å². The quantitative estimate of drug-likeness (QED) is 0.512. The Bertz CT molecular complexity index is 858. The maximum Gasteiger partial charge on any atom is 0.330 e. The lowest BCUT2D eigenvalue weighted by molar-refractivity contribution is -0.183. The molecule has 11 nitrogen and oxygen atoms in total. The molecular formula is C16H20N2O9. The highest BCUT2D eigenvalue weighted by Crippen LogP contribution is 2.41. The van der Waals surface area contributed by atoms with Crippen LogP contribution in [-0.2, 0) is 33.3 Å². The summed E-state index contributed by atoms with van der Waals surface area (Å²) in [6, 6.07) is 1.08. The van der Waals surface area contributed by atoms with E-state index in [9.17, 15) is 24.0 Å². The summed E-state index contributed by atoms with van der Waals surface area (Å²) in [6.07, 6.45) is -2.37. The molecule has 11 heteroatoms. The summed E-state index contributed by atoms with van der Waals surface area (Å²) in [7, 11) is 0. The van der Waals surface area contributed by atoms with E-state index in [4.69, 9.17) is 18.9 Å². The molecule has 0 bridgehead atoms. The number of nitrogens with one attached hydrogen (secondary N) is 1. The zero-order valence-corrected chi connectivity index (χ0v) is 15.2. The number of ether oxygens (including phenoxy) is 4. The van der Waals surface area contributed by atoms with Crippen molar-refractivity contribution in [3.8, 4) is 0 Å². The fourth-order valence-corrected chi connectivity index (χ4v) is 2.87. The molecule has 1 aliphatic heterocycles. The van der Waals surface area contributed by atoms with Gasteiger partial charge in [-0.1, -0.05) is 0 Å². The van der Waals surface area contributed by atoms with Crippen LogP contribution >= 0.6 is 0 Å². The Morgan fingerprint density at radius 1 is 1.19 bits per heavy atom. The lowest BCUT2D eigenvalue weighted by Crippen LogP contribution is -2.52. The molecule has 0 radical (unpaired) electrons. The third-order valence-electron chi connectivity index (χ3n) is 3.99. The minimum atomic E-state index is -1.56. The summed E-state index contributed by atoms with van der Waals surface area (Å²) in [5.74, 6) is -2.00. The van der Waals surface area contributed by atoms with E-state index >= 15 is 0 Å². The van der Waals surface area contributed by atoms with Crippen LogP contribution in [0.3, 0.4) is 0 Å². The van der Waals surface area contributed by atoms with E-state index in [1.165, 1.54) is 13.8 Å². The monoisotopic (exact) mass is 384 g/mol. The number of rotatable bonds is 5. The molecule has 0 aromatic carbocycles. The molecule has 148 valence electrons. The summed E-state index contributed by atoms with van der Waals surface area (Å²) in [5.41, 5.74) is -3.01. The molecule has 0 amide bonds. The third-order valence-corrected chi connectivity index (χ3v) is 3.99. The number of hydrogen-bond donors (Lipinski definition) is 1. The van der Waals surface area contributed by atoms with E-state index in [1.807, 2.05) is 0 Å². The highest BCUT2D eigenvalue weighted by atomic mass is 16.7. The van der Waals surface area contributed by atoms with E-state index in [2.05, 4.69) is 4.98 Å². The van der Waals surface area contributed by atoms with Gasteiger partial charge in [-0.3, -0.25) is 28.7 Å². The SMILES string of the molecule is CC(=O)OC[C@H]1O[C@@H](n2ccc(=O)[nH]c2=O)[C@H](OC(C)=O)[C@@]1(C)OC(C)=O. The van der Waals surface area contributed by atoms with Crippen LogP contribution in [-0.4, -0.2) is 51.9 Å². The maximum atomic E-state index is 12.2. The summed E-state index contributed by atoms with van der Waals surface area (Å²) in [6.45, 7) is 4.60. The minimum Gasteiger partial charge on any atom is -0.463 e. The normalized spacial score (nSPS) is 27.0. The third kappa shape index (κ3) is 4.42. The van der Waals surface area contributed by atoms with E-state index in [0.717, 1.165) is 30.7 Å². The van der Waals surface area contributed by atoms with Crippen molar-refractivity contribution in [2.24, 2.45) is 0 Å².